The number of rotatable bonds is 6. The molecule has 1 saturated carbocycles. The fourth-order valence-corrected chi connectivity index (χ4v) is 4.86. The Morgan fingerprint density at radius 2 is 1.66 bits per heavy atom. The molecule has 0 aromatic heterocycles. The van der Waals surface area contributed by atoms with Gasteiger partial charge >= 0.3 is 12.1 Å². The molecule has 2 aliphatic rings. The van der Waals surface area contributed by atoms with Gasteiger partial charge in [-0.05, 0) is 43.9 Å². The second-order valence-corrected chi connectivity index (χ2v) is 9.42. The van der Waals surface area contributed by atoms with E-state index in [2.05, 4.69) is 0 Å². The molecule has 4 rings (SSSR count). The van der Waals surface area contributed by atoms with Gasteiger partial charge in [-0.1, -0.05) is 30.3 Å². The zero-order valence-electron chi connectivity index (χ0n) is 21.0. The zero-order valence-corrected chi connectivity index (χ0v) is 21.0. The van der Waals surface area contributed by atoms with Crippen LogP contribution in [0.4, 0.5) is 14.9 Å². The van der Waals surface area contributed by atoms with Gasteiger partial charge in [0.1, 0.15) is 12.7 Å². The van der Waals surface area contributed by atoms with Crippen LogP contribution in [-0.4, -0.2) is 61.1 Å². The summed E-state index contributed by atoms with van der Waals surface area (Å²) in [4.78, 5) is 40.7. The fourth-order valence-electron chi connectivity index (χ4n) is 4.86. The van der Waals surface area contributed by atoms with Gasteiger partial charge in [0.15, 0.2) is 11.8 Å². The van der Waals surface area contributed by atoms with Gasteiger partial charge in [0, 0.05) is 37.7 Å². The molecule has 0 unspecified atom stereocenters. The van der Waals surface area contributed by atoms with Gasteiger partial charge in [0.2, 0.25) is 5.91 Å². The first-order valence-electron chi connectivity index (χ1n) is 12.7. The fraction of sp³-hybridized carbons (Fsp3) is 0.407. The van der Waals surface area contributed by atoms with Crippen molar-refractivity contribution >= 4 is 29.6 Å². The molecule has 1 saturated heterocycles. The molecule has 0 atom stereocenters. The normalized spacial score (nSPS) is 19.4. The number of guanidine groups is 1. The summed E-state index contributed by atoms with van der Waals surface area (Å²) in [5, 5.41) is 9.01. The Balaban J connectivity index is 1.24. The lowest BCUT2D eigenvalue weighted by molar-refractivity contribution is -0.137. The maximum atomic E-state index is 15.1. The lowest BCUT2D eigenvalue weighted by atomic mass is 9.86. The largest absolute Gasteiger partial charge is 0.459 e. The smallest absolute Gasteiger partial charge is 0.414 e. The Kier molecular flexibility index (Phi) is 8.77. The monoisotopic (exact) mass is 525 g/mol. The second-order valence-electron chi connectivity index (χ2n) is 9.42. The number of benzene rings is 2. The van der Waals surface area contributed by atoms with E-state index in [0.717, 1.165) is 0 Å². The highest BCUT2D eigenvalue weighted by Gasteiger charge is 2.33. The van der Waals surface area contributed by atoms with Gasteiger partial charge < -0.3 is 25.0 Å². The standard InChI is InChI=1S/C27H32FN5O5/c28-23-20(17-37-27(36)31-26(29)30)7-4-8-22(23)32-13-15-33(16-14-32)24(34)18-9-11-21(12-10-18)38-25(35)19-5-2-1-3-6-19/h1-8,18,21H,9-17H2,(H4,29,30,31,36)/t18-,21-. The number of hydrogen-bond donors (Lipinski definition) is 3. The van der Waals surface area contributed by atoms with E-state index in [1.54, 1.807) is 36.4 Å². The number of alkyl carbamates (subject to hydrolysis) is 1. The number of esters is 1. The molecule has 38 heavy (non-hydrogen) atoms. The number of amides is 2. The van der Waals surface area contributed by atoms with Crippen molar-refractivity contribution in [2.45, 2.75) is 38.4 Å². The molecule has 10 nitrogen and oxygen atoms in total. The third-order valence-electron chi connectivity index (χ3n) is 6.89. The van der Waals surface area contributed by atoms with Crippen molar-refractivity contribution in [3.8, 4) is 0 Å². The van der Waals surface area contributed by atoms with Gasteiger partial charge in [-0.2, -0.15) is 0 Å². The highest BCUT2D eigenvalue weighted by molar-refractivity contribution is 5.91. The van der Waals surface area contributed by atoms with Crippen LogP contribution >= 0.6 is 0 Å². The van der Waals surface area contributed by atoms with Gasteiger partial charge in [0.25, 0.3) is 0 Å². The maximum Gasteiger partial charge on any atom is 0.414 e. The SMILES string of the molecule is N=C(N)NC(=O)OCc1cccc(N2CCN(C(=O)[C@H]3CC[C@H](OC(=O)c4ccccc4)CC3)CC2)c1F. The number of halogens is 1. The molecule has 0 radical (unpaired) electrons. The van der Waals surface area contributed by atoms with E-state index < -0.39 is 17.9 Å². The van der Waals surface area contributed by atoms with E-state index >= 15 is 4.39 Å². The number of nitrogens with two attached hydrogens (primary N) is 1. The molecule has 2 aromatic carbocycles. The summed E-state index contributed by atoms with van der Waals surface area (Å²) < 4.78 is 25.7. The minimum atomic E-state index is -0.933. The highest BCUT2D eigenvalue weighted by atomic mass is 19.1. The molecule has 202 valence electrons. The van der Waals surface area contributed by atoms with E-state index in [9.17, 15) is 14.4 Å². The van der Waals surface area contributed by atoms with Crippen molar-refractivity contribution in [1.29, 1.82) is 5.41 Å². The highest BCUT2D eigenvalue weighted by Crippen LogP contribution is 2.30. The summed E-state index contributed by atoms with van der Waals surface area (Å²) in [5.74, 6) is -1.40. The summed E-state index contributed by atoms with van der Waals surface area (Å²) in [6.45, 7) is 1.59. The third-order valence-corrected chi connectivity index (χ3v) is 6.89. The lowest BCUT2D eigenvalue weighted by Gasteiger charge is -2.39. The van der Waals surface area contributed by atoms with Crippen LogP contribution in [0, 0.1) is 17.1 Å². The summed E-state index contributed by atoms with van der Waals surface area (Å²) in [5.41, 5.74) is 6.19. The number of nitrogens with one attached hydrogen (secondary N) is 2. The Morgan fingerprint density at radius 3 is 2.32 bits per heavy atom. The molecule has 2 aromatic rings. The van der Waals surface area contributed by atoms with Crippen molar-refractivity contribution in [2.24, 2.45) is 11.7 Å². The quantitative estimate of drug-likeness (QED) is 0.299. The number of hydrogen-bond acceptors (Lipinski definition) is 7. The van der Waals surface area contributed by atoms with E-state index in [4.69, 9.17) is 20.6 Å². The van der Waals surface area contributed by atoms with Crippen molar-refractivity contribution in [3.05, 3.63) is 65.5 Å². The minimum absolute atomic E-state index is 0.0941. The first kappa shape index (κ1) is 26.9. The summed E-state index contributed by atoms with van der Waals surface area (Å²) in [6, 6.07) is 13.7. The Morgan fingerprint density at radius 1 is 0.974 bits per heavy atom. The van der Waals surface area contributed by atoms with Crippen LogP contribution in [0.2, 0.25) is 0 Å². The van der Waals surface area contributed by atoms with Gasteiger partial charge in [-0.15, -0.1) is 0 Å². The number of carbonyl (C=O) groups excluding carboxylic acids is 3. The van der Waals surface area contributed by atoms with Crippen LogP contribution in [0.1, 0.15) is 41.6 Å². The summed E-state index contributed by atoms with van der Waals surface area (Å²) >= 11 is 0. The lowest BCUT2D eigenvalue weighted by Crippen LogP contribution is -2.51. The Labute approximate surface area is 220 Å². The summed E-state index contributed by atoms with van der Waals surface area (Å²) in [6.07, 6.45) is 1.52. The Hall–Kier alpha value is -4.15. The third kappa shape index (κ3) is 6.78. The van der Waals surface area contributed by atoms with Crippen molar-refractivity contribution in [2.75, 3.05) is 31.1 Å². The maximum absolute atomic E-state index is 15.1. The predicted molar refractivity (Wildman–Crippen MR) is 138 cm³/mol. The molecule has 11 heteroatoms. The number of nitrogens with zero attached hydrogens (tertiary/aromatic N) is 2. The average Bonchev–Trinajstić information content (AvgIpc) is 2.93. The minimum Gasteiger partial charge on any atom is -0.459 e. The van der Waals surface area contributed by atoms with Crippen molar-refractivity contribution < 1.29 is 28.2 Å². The van der Waals surface area contributed by atoms with Gasteiger partial charge in [-0.25, -0.2) is 14.0 Å². The number of anilines is 1. The number of ether oxygens (including phenoxy) is 2. The van der Waals surface area contributed by atoms with Crippen LogP contribution < -0.4 is 16.0 Å². The molecule has 0 bridgehead atoms. The molecule has 4 N–H and O–H groups in total. The Bertz CT molecular complexity index is 1160. The summed E-state index contributed by atoms with van der Waals surface area (Å²) in [7, 11) is 0. The number of piperazine rings is 1. The van der Waals surface area contributed by atoms with E-state index in [-0.39, 0.29) is 36.1 Å². The first-order chi connectivity index (χ1) is 18.3. The average molecular weight is 526 g/mol. The van der Waals surface area contributed by atoms with Gasteiger partial charge in [-0.3, -0.25) is 15.5 Å². The van der Waals surface area contributed by atoms with E-state index in [0.29, 0.717) is 63.1 Å². The van der Waals surface area contributed by atoms with Crippen LogP contribution in [0.5, 0.6) is 0 Å². The zero-order chi connectivity index (χ0) is 27.1. The first-order valence-corrected chi connectivity index (χ1v) is 12.7. The molecule has 1 aliphatic carbocycles. The molecule has 0 spiro atoms. The molecule has 2 fully saturated rings. The molecular weight excluding hydrogens is 493 g/mol. The van der Waals surface area contributed by atoms with Crippen LogP contribution in [0.15, 0.2) is 48.5 Å². The van der Waals surface area contributed by atoms with E-state index in [1.165, 1.54) is 6.07 Å². The van der Waals surface area contributed by atoms with Crippen LogP contribution in [-0.2, 0) is 20.9 Å². The van der Waals surface area contributed by atoms with Gasteiger partial charge in [0.05, 0.1) is 11.3 Å². The predicted octanol–water partition coefficient (Wildman–Crippen LogP) is 3.01. The van der Waals surface area contributed by atoms with Crippen molar-refractivity contribution in [3.63, 3.8) is 0 Å². The second kappa shape index (κ2) is 12.4. The van der Waals surface area contributed by atoms with Crippen molar-refractivity contribution in [1.82, 2.24) is 10.2 Å². The van der Waals surface area contributed by atoms with Crippen LogP contribution in [0.25, 0.3) is 0 Å². The molecule has 2 amide bonds. The molecule has 1 heterocycles. The van der Waals surface area contributed by atoms with E-state index in [1.807, 2.05) is 21.2 Å². The topological polar surface area (TPSA) is 138 Å². The molecular formula is C27H32FN5O5. The molecule has 1 aliphatic heterocycles. The number of carbonyl (C=O) groups is 3. The van der Waals surface area contributed by atoms with Crippen LogP contribution in [0.3, 0.4) is 0 Å².